The van der Waals surface area contributed by atoms with E-state index in [0.717, 1.165) is 24.7 Å². The largest absolute Gasteiger partial charge is 0.494 e. The van der Waals surface area contributed by atoms with Crippen LogP contribution >= 0.6 is 0 Å². The van der Waals surface area contributed by atoms with Crippen molar-refractivity contribution in [3.63, 3.8) is 0 Å². The summed E-state index contributed by atoms with van der Waals surface area (Å²) in [7, 11) is -3.29. The van der Waals surface area contributed by atoms with E-state index in [1.165, 1.54) is 26.0 Å². The molecule has 1 amide bonds. The molecule has 0 saturated carbocycles. The summed E-state index contributed by atoms with van der Waals surface area (Å²) in [4.78, 5) is 40.7. The van der Waals surface area contributed by atoms with E-state index in [2.05, 4.69) is 11.6 Å². The maximum absolute atomic E-state index is 14.3. The fourth-order valence-electron chi connectivity index (χ4n) is 6.89. The van der Waals surface area contributed by atoms with Gasteiger partial charge in [-0.2, -0.15) is 0 Å². The van der Waals surface area contributed by atoms with Crippen LogP contribution < -0.4 is 9.62 Å². The molecule has 2 aliphatic rings. The number of nitrogens with one attached hydrogen (secondary N) is 1. The van der Waals surface area contributed by atoms with Gasteiger partial charge in [0.05, 0.1) is 38.0 Å². The van der Waals surface area contributed by atoms with Crippen molar-refractivity contribution < 1.29 is 50.9 Å². The van der Waals surface area contributed by atoms with Gasteiger partial charge in [0.2, 0.25) is 15.9 Å². The van der Waals surface area contributed by atoms with Gasteiger partial charge < -0.3 is 28.6 Å². The number of hydrogen-bond donors (Lipinski definition) is 1. The van der Waals surface area contributed by atoms with E-state index < -0.39 is 57.2 Å². The fraction of sp³-hybridized carbons (Fsp3) is 0.548. The number of sulfonamides is 1. The lowest BCUT2D eigenvalue weighted by Gasteiger charge is -2.49. The molecular weight excluding hydrogens is 744 g/mol. The number of ether oxygens (including phenoxy) is 5. The average molecular weight is 801 g/mol. The molecule has 1 unspecified atom stereocenters. The van der Waals surface area contributed by atoms with E-state index in [1.807, 2.05) is 43.3 Å². The van der Waals surface area contributed by atoms with E-state index in [1.54, 1.807) is 30.9 Å². The van der Waals surface area contributed by atoms with Gasteiger partial charge in [0.15, 0.2) is 11.4 Å². The summed E-state index contributed by atoms with van der Waals surface area (Å²) >= 11 is 0. The third-order valence-corrected chi connectivity index (χ3v) is 10.5. The number of anilines is 1. The van der Waals surface area contributed by atoms with E-state index in [-0.39, 0.29) is 32.0 Å². The zero-order valence-corrected chi connectivity index (χ0v) is 34.4. The van der Waals surface area contributed by atoms with Crippen molar-refractivity contribution in [3.05, 3.63) is 89.0 Å². The van der Waals surface area contributed by atoms with Crippen molar-refractivity contribution in [1.82, 2.24) is 4.72 Å². The van der Waals surface area contributed by atoms with Crippen molar-refractivity contribution in [2.45, 2.75) is 110 Å². The summed E-state index contributed by atoms with van der Waals surface area (Å²) < 4.78 is 69.3. The van der Waals surface area contributed by atoms with Gasteiger partial charge in [-0.15, -0.1) is 0 Å². The first-order valence-electron chi connectivity index (χ1n) is 19.2. The topological polar surface area (TPSA) is 147 Å². The van der Waals surface area contributed by atoms with Gasteiger partial charge in [0.1, 0.15) is 17.7 Å². The molecule has 2 aromatic rings. The second kappa shape index (κ2) is 19.8. The molecule has 14 heteroatoms. The Morgan fingerprint density at radius 1 is 1.04 bits per heavy atom. The zero-order chi connectivity index (χ0) is 41.1. The summed E-state index contributed by atoms with van der Waals surface area (Å²) in [6, 6.07) is 12.8. The lowest BCUT2D eigenvalue weighted by Crippen LogP contribution is -2.62. The van der Waals surface area contributed by atoms with E-state index >= 15 is 0 Å². The number of unbranched alkanes of at least 4 members (excludes halogenated alkanes) is 1. The number of aryl methyl sites for hydroxylation is 1. The number of hydrogen-bond acceptors (Lipinski definition) is 10. The monoisotopic (exact) mass is 800 g/mol. The van der Waals surface area contributed by atoms with Crippen molar-refractivity contribution in [3.8, 4) is 0 Å². The second-order valence-corrected chi connectivity index (χ2v) is 16.7. The van der Waals surface area contributed by atoms with E-state index in [4.69, 9.17) is 23.7 Å². The van der Waals surface area contributed by atoms with Crippen LogP contribution in [0, 0.1) is 11.7 Å². The molecule has 3 atom stereocenters. The average Bonchev–Trinajstić information content (AvgIpc) is 3.13. The number of nitrogens with zero attached hydrogens (tertiary/aromatic N) is 1. The van der Waals surface area contributed by atoms with Crippen LogP contribution in [0.3, 0.4) is 0 Å². The molecule has 2 aromatic carbocycles. The van der Waals surface area contributed by atoms with Crippen LogP contribution in [-0.4, -0.2) is 76.3 Å². The minimum absolute atomic E-state index is 0.0882. The van der Waals surface area contributed by atoms with Crippen molar-refractivity contribution >= 4 is 33.6 Å². The smallest absolute Gasteiger partial charge is 0.303 e. The quantitative estimate of drug-likeness (QED) is 0.0496. The van der Waals surface area contributed by atoms with Gasteiger partial charge in [0, 0.05) is 38.1 Å². The number of amides is 1. The molecule has 0 radical (unpaired) electrons. The number of esters is 2. The first-order valence-corrected chi connectivity index (χ1v) is 21.1. The van der Waals surface area contributed by atoms with Crippen LogP contribution in [0.2, 0.25) is 0 Å². The van der Waals surface area contributed by atoms with Gasteiger partial charge in [-0.05, 0) is 94.3 Å². The van der Waals surface area contributed by atoms with Crippen LogP contribution in [-0.2, 0) is 54.5 Å². The molecule has 308 valence electrons. The van der Waals surface area contributed by atoms with E-state index in [0.29, 0.717) is 55.0 Å². The third kappa shape index (κ3) is 12.7. The van der Waals surface area contributed by atoms with Gasteiger partial charge in [0.25, 0.3) is 0 Å². The highest BCUT2D eigenvalue weighted by Crippen LogP contribution is 2.44. The minimum Gasteiger partial charge on any atom is -0.494 e. The lowest BCUT2D eigenvalue weighted by atomic mass is 9.76. The van der Waals surface area contributed by atoms with Crippen LogP contribution in [0.4, 0.5) is 10.1 Å². The number of carbonyl (C=O) groups excluding carboxylic acids is 3. The molecule has 2 saturated heterocycles. The maximum Gasteiger partial charge on any atom is 0.303 e. The van der Waals surface area contributed by atoms with Gasteiger partial charge in [-0.1, -0.05) is 43.7 Å². The first-order chi connectivity index (χ1) is 26.5. The Hall–Kier alpha value is -4.11. The Kier molecular flexibility index (Phi) is 15.8. The maximum atomic E-state index is 14.3. The highest BCUT2D eigenvalue weighted by Gasteiger charge is 2.51. The molecule has 0 aliphatic carbocycles. The Bertz CT molecular complexity index is 1820. The summed E-state index contributed by atoms with van der Waals surface area (Å²) in [5, 5.41) is 0. The molecule has 2 aliphatic heterocycles. The summed E-state index contributed by atoms with van der Waals surface area (Å²) in [5.41, 5.74) is 1.82. The van der Waals surface area contributed by atoms with Gasteiger partial charge >= 0.3 is 11.9 Å². The molecule has 1 N–H and O–H groups in total. The summed E-state index contributed by atoms with van der Waals surface area (Å²) in [6.45, 7) is 11.1. The molecule has 2 fully saturated rings. The predicted octanol–water partition coefficient (Wildman–Crippen LogP) is 6.85. The zero-order valence-electron chi connectivity index (χ0n) is 33.6. The molecule has 0 spiro atoms. The van der Waals surface area contributed by atoms with Crippen molar-refractivity contribution in [1.29, 1.82) is 0 Å². The van der Waals surface area contributed by atoms with E-state index in [9.17, 15) is 27.2 Å². The van der Waals surface area contributed by atoms with Gasteiger partial charge in [-0.25, -0.2) is 17.5 Å². The van der Waals surface area contributed by atoms with Gasteiger partial charge in [-0.3, -0.25) is 14.4 Å². The molecular formula is C42H57FN2O10S. The molecule has 2 heterocycles. The number of carbonyl (C=O) groups is 3. The molecule has 4 rings (SSSR count). The Balaban J connectivity index is 1.74. The lowest BCUT2D eigenvalue weighted by molar-refractivity contribution is -0.303. The third-order valence-electron chi connectivity index (χ3n) is 9.77. The number of β-lactam (4-membered cyclic amide) rings is 1. The highest BCUT2D eigenvalue weighted by molar-refractivity contribution is 7.88. The summed E-state index contributed by atoms with van der Waals surface area (Å²) in [5.74, 6) is -2.41. The predicted molar refractivity (Wildman–Crippen MR) is 210 cm³/mol. The Morgan fingerprint density at radius 3 is 2.27 bits per heavy atom. The number of rotatable bonds is 20. The SMILES string of the molecule is C/C=C(OCCCC)\C(=C/CC1(OC(C)=O)COC(C)(C)OC1)[C@@H]1C(CC[C@H](OC(C)=O)c2ccc(F)cc2)C(=O)N1c1ccc(CCCNS(C)(=O)=O)cc1. The van der Waals surface area contributed by atoms with Crippen LogP contribution in [0.1, 0.15) is 97.3 Å². The van der Waals surface area contributed by atoms with Crippen molar-refractivity contribution in [2.75, 3.05) is 37.5 Å². The normalized spacial score (nSPS) is 20.2. The van der Waals surface area contributed by atoms with Crippen LogP contribution in [0.5, 0.6) is 0 Å². The second-order valence-electron chi connectivity index (χ2n) is 14.9. The molecule has 0 aromatic heterocycles. The molecule has 12 nitrogen and oxygen atoms in total. The van der Waals surface area contributed by atoms with Crippen LogP contribution in [0.15, 0.2) is 72.0 Å². The van der Waals surface area contributed by atoms with Crippen LogP contribution in [0.25, 0.3) is 0 Å². The molecule has 56 heavy (non-hydrogen) atoms. The minimum atomic E-state index is -3.29. The standard InChI is InChI=1S/C42H57FN2O10S/c1-8-10-26-51-37(9-2)35(23-24-42(55-30(4)47)27-52-41(5,6)53-28-42)39-36(21-22-38(54-29(3)46)32-15-17-33(43)18-16-32)40(48)45(39)34-19-13-31(14-20-34)12-11-25-44-56(7,49)50/h9,13-20,23,36,38-39,44H,8,10-12,21-22,24-28H2,1-7H3/b35-23+,37-9+/t36?,38-,39+/m0/s1. The Labute approximate surface area is 330 Å². The Morgan fingerprint density at radius 2 is 1.70 bits per heavy atom. The first kappa shape index (κ1) is 44.6. The number of halogens is 1. The molecule has 0 bridgehead atoms. The summed E-state index contributed by atoms with van der Waals surface area (Å²) in [6.07, 6.45) is 7.96. The fourth-order valence-corrected chi connectivity index (χ4v) is 7.40. The van der Waals surface area contributed by atoms with Crippen molar-refractivity contribution in [2.24, 2.45) is 5.92 Å². The number of benzene rings is 2. The number of allylic oxidation sites excluding steroid dienone is 1. The highest BCUT2D eigenvalue weighted by atomic mass is 32.2.